The fourth-order valence-corrected chi connectivity index (χ4v) is 0.224. The van der Waals surface area contributed by atoms with E-state index in [1.165, 1.54) is 6.42 Å². The van der Waals surface area contributed by atoms with Crippen LogP contribution in [0.4, 0.5) is 0 Å². The van der Waals surface area contributed by atoms with Crippen molar-refractivity contribution < 1.29 is 23.2 Å². The van der Waals surface area contributed by atoms with Crippen molar-refractivity contribution in [3.63, 3.8) is 0 Å². The molecule has 0 fully saturated rings. The second-order valence-electron chi connectivity index (χ2n) is 2.34. The Morgan fingerprint density at radius 1 is 1.06 bits per heavy atom. The topological polar surface area (TPSA) is 67.8 Å². The molecule has 0 bridgehead atoms. The Bertz CT molecular complexity index is 122. The standard InChI is InChI=1S/C3H8.C2H7O4P.C2H6O.C2H6S/c1-3-2;1-5-7(3,4)6-2;2*1-3-2/h3H2,1-2H3;1-2H3,(H,3,4);2*1-2H3/p-1. The highest BCUT2D eigenvalue weighted by Crippen LogP contribution is 2.34. The Morgan fingerprint density at radius 3 is 1.19 bits per heavy atom. The molecule has 5 nitrogen and oxygen atoms in total. The summed E-state index contributed by atoms with van der Waals surface area (Å²) in [5.74, 6) is 0. The molecule has 7 heteroatoms. The van der Waals surface area contributed by atoms with Crippen LogP contribution in [0.3, 0.4) is 0 Å². The zero-order valence-electron chi connectivity index (χ0n) is 11.6. The fourth-order valence-electron chi connectivity index (χ4n) is 0.0745. The van der Waals surface area contributed by atoms with E-state index in [4.69, 9.17) is 0 Å². The number of hydrogen-bond donors (Lipinski definition) is 0. The van der Waals surface area contributed by atoms with E-state index in [-0.39, 0.29) is 0 Å². The van der Waals surface area contributed by atoms with Crippen molar-refractivity contribution in [3.8, 4) is 0 Å². The van der Waals surface area contributed by atoms with Crippen LogP contribution in [-0.4, -0.2) is 41.0 Å². The summed E-state index contributed by atoms with van der Waals surface area (Å²) in [4.78, 5) is 9.95. The van der Waals surface area contributed by atoms with E-state index in [1.807, 2.05) is 12.5 Å². The molecule has 0 aromatic rings. The summed E-state index contributed by atoms with van der Waals surface area (Å²) < 4.78 is 21.9. The van der Waals surface area contributed by atoms with Crippen LogP contribution in [-0.2, 0) is 18.3 Å². The van der Waals surface area contributed by atoms with Crippen LogP contribution in [0.15, 0.2) is 0 Å². The van der Waals surface area contributed by atoms with Gasteiger partial charge in [-0.05, 0) is 12.5 Å². The first kappa shape index (κ1) is 25.3. The predicted octanol–water partition coefficient (Wildman–Crippen LogP) is 2.41. The minimum atomic E-state index is -3.90. The number of rotatable bonds is 2. The van der Waals surface area contributed by atoms with Crippen LogP contribution in [0.1, 0.15) is 20.3 Å². The number of phosphoric ester groups is 1. The number of thioether (sulfide) groups is 1. The van der Waals surface area contributed by atoms with E-state index in [9.17, 15) is 9.46 Å². The molecule has 0 spiro atoms. The average Bonchev–Trinajstić information content (AvgIpc) is 2.21. The van der Waals surface area contributed by atoms with Crippen LogP contribution < -0.4 is 4.89 Å². The molecule has 0 aromatic heterocycles. The smallest absolute Gasteiger partial charge is 0.267 e. The lowest BCUT2D eigenvalue weighted by Crippen LogP contribution is -2.02. The minimum absolute atomic E-state index is 1.04. The zero-order valence-corrected chi connectivity index (χ0v) is 13.3. The van der Waals surface area contributed by atoms with Crippen LogP contribution in [0.5, 0.6) is 0 Å². The third kappa shape index (κ3) is 63.0. The van der Waals surface area contributed by atoms with E-state index in [1.54, 1.807) is 26.0 Å². The zero-order chi connectivity index (χ0) is 14.0. The van der Waals surface area contributed by atoms with Crippen LogP contribution in [0, 0.1) is 0 Å². The van der Waals surface area contributed by atoms with Gasteiger partial charge in [0.15, 0.2) is 0 Å². The van der Waals surface area contributed by atoms with Gasteiger partial charge in [0.25, 0.3) is 7.82 Å². The fraction of sp³-hybridized carbons (Fsp3) is 1.00. The highest BCUT2D eigenvalue weighted by atomic mass is 32.2. The first-order valence-corrected chi connectivity index (χ1v) is 7.69. The van der Waals surface area contributed by atoms with E-state index in [0.717, 1.165) is 14.2 Å². The first-order valence-electron chi connectivity index (χ1n) is 4.59. The van der Waals surface area contributed by atoms with Crippen molar-refractivity contribution in [1.29, 1.82) is 0 Å². The normalized spacial score (nSPS) is 8.56. The Morgan fingerprint density at radius 2 is 1.19 bits per heavy atom. The van der Waals surface area contributed by atoms with E-state index < -0.39 is 7.82 Å². The molecule has 0 saturated carbocycles. The van der Waals surface area contributed by atoms with Gasteiger partial charge in [0, 0.05) is 28.4 Å². The lowest BCUT2D eigenvalue weighted by Gasteiger charge is -2.16. The van der Waals surface area contributed by atoms with Gasteiger partial charge >= 0.3 is 0 Å². The molecule has 0 aliphatic carbocycles. The number of methoxy groups -OCH3 is 1. The van der Waals surface area contributed by atoms with Crippen LogP contribution in [0.2, 0.25) is 0 Å². The third-order valence-electron chi connectivity index (χ3n) is 0.447. The molecule has 0 atom stereocenters. The maximum atomic E-state index is 9.95. The highest BCUT2D eigenvalue weighted by molar-refractivity contribution is 7.97. The number of ether oxygens (including phenoxy) is 1. The van der Waals surface area contributed by atoms with Crippen LogP contribution >= 0.6 is 19.6 Å². The van der Waals surface area contributed by atoms with Crippen molar-refractivity contribution in [2.24, 2.45) is 0 Å². The van der Waals surface area contributed by atoms with E-state index in [0.29, 0.717) is 0 Å². The quantitative estimate of drug-likeness (QED) is 0.722. The van der Waals surface area contributed by atoms with Gasteiger partial charge in [-0.1, -0.05) is 20.3 Å². The van der Waals surface area contributed by atoms with Gasteiger partial charge in [-0.25, -0.2) is 0 Å². The van der Waals surface area contributed by atoms with Gasteiger partial charge < -0.3 is 18.7 Å². The molecule has 0 aliphatic rings. The molecule has 16 heavy (non-hydrogen) atoms. The molecule has 0 N–H and O–H groups in total. The van der Waals surface area contributed by atoms with Gasteiger partial charge in [-0.15, -0.1) is 0 Å². The molecule has 0 amide bonds. The number of phosphoric acid groups is 1. The summed E-state index contributed by atoms with van der Waals surface area (Å²) in [6, 6.07) is 0. The summed E-state index contributed by atoms with van der Waals surface area (Å²) in [5, 5.41) is 0. The predicted molar refractivity (Wildman–Crippen MR) is 70.0 cm³/mol. The van der Waals surface area contributed by atoms with Crippen molar-refractivity contribution in [3.05, 3.63) is 0 Å². The van der Waals surface area contributed by atoms with Gasteiger partial charge in [0.05, 0.1) is 0 Å². The highest BCUT2D eigenvalue weighted by Gasteiger charge is 1.98. The summed E-state index contributed by atoms with van der Waals surface area (Å²) >= 11 is 1.75. The maximum Gasteiger partial charge on any atom is 0.267 e. The third-order valence-corrected chi connectivity index (χ3v) is 1.34. The van der Waals surface area contributed by atoms with Crippen molar-refractivity contribution >= 4 is 19.6 Å². The van der Waals surface area contributed by atoms with Crippen molar-refractivity contribution in [2.75, 3.05) is 41.0 Å². The molecule has 0 aliphatic heterocycles. The Kier molecular flexibility index (Phi) is 38.9. The van der Waals surface area contributed by atoms with Crippen LogP contribution in [0.25, 0.3) is 0 Å². The Balaban J connectivity index is -0.0000000677. The summed E-state index contributed by atoms with van der Waals surface area (Å²) in [6.45, 7) is 4.25. The van der Waals surface area contributed by atoms with Gasteiger partial charge in [0.2, 0.25) is 0 Å². The molecule has 0 heterocycles. The molecule has 0 saturated heterocycles. The molecule has 0 rings (SSSR count). The van der Waals surface area contributed by atoms with Crippen molar-refractivity contribution in [1.82, 2.24) is 0 Å². The maximum absolute atomic E-state index is 9.95. The SMILES string of the molecule is CCC.COC.COP(=O)([O-])OC.CSC. The number of hydrogen-bond acceptors (Lipinski definition) is 6. The molecular weight excluding hydrogens is 251 g/mol. The van der Waals surface area contributed by atoms with Gasteiger partial charge in [-0.3, -0.25) is 4.57 Å². The largest absolute Gasteiger partial charge is 0.756 e. The molecule has 0 radical (unpaired) electrons. The van der Waals surface area contributed by atoms with Gasteiger partial charge in [0.1, 0.15) is 0 Å². The molecule has 104 valence electrons. The Labute approximate surface area is 104 Å². The monoisotopic (exact) mass is 277 g/mol. The molecular formula is C9H26O5PS-. The lowest BCUT2D eigenvalue weighted by atomic mass is 10.6. The Hall–Kier alpha value is 0.420. The summed E-state index contributed by atoms with van der Waals surface area (Å²) in [5.41, 5.74) is 0. The lowest BCUT2D eigenvalue weighted by molar-refractivity contribution is -0.220. The second kappa shape index (κ2) is 24.6. The molecule has 0 unspecified atom stereocenters. The van der Waals surface area contributed by atoms with E-state index in [2.05, 4.69) is 27.6 Å². The van der Waals surface area contributed by atoms with Crippen molar-refractivity contribution in [2.45, 2.75) is 20.3 Å². The second-order valence-corrected chi connectivity index (χ2v) is 4.78. The van der Waals surface area contributed by atoms with E-state index >= 15 is 0 Å². The van der Waals surface area contributed by atoms with Gasteiger partial charge in [-0.2, -0.15) is 11.8 Å². The molecule has 0 aromatic carbocycles. The minimum Gasteiger partial charge on any atom is -0.756 e. The summed E-state index contributed by atoms with van der Waals surface area (Å²) in [6.07, 6.45) is 5.33. The summed E-state index contributed by atoms with van der Waals surface area (Å²) in [7, 11) is 1.42. The first-order chi connectivity index (χ1) is 7.36. The average molecular weight is 277 g/mol.